The van der Waals surface area contributed by atoms with Gasteiger partial charge in [0.1, 0.15) is 17.0 Å². The van der Waals surface area contributed by atoms with Gasteiger partial charge in [-0.05, 0) is 62.1 Å². The molecule has 2 heterocycles. The first kappa shape index (κ1) is 16.3. The van der Waals surface area contributed by atoms with Crippen LogP contribution in [0.2, 0.25) is 0 Å². The predicted molar refractivity (Wildman–Crippen MR) is 98.7 cm³/mol. The van der Waals surface area contributed by atoms with E-state index in [0.717, 1.165) is 18.6 Å². The first-order valence-electron chi connectivity index (χ1n) is 8.75. The highest BCUT2D eigenvalue weighted by molar-refractivity contribution is 6.03. The van der Waals surface area contributed by atoms with Gasteiger partial charge in [0.15, 0.2) is 0 Å². The van der Waals surface area contributed by atoms with Crippen molar-refractivity contribution >= 4 is 17.2 Å². The molecule has 1 amide bonds. The third kappa shape index (κ3) is 3.31. The molecule has 1 aromatic carbocycles. The number of rotatable bonds is 4. The van der Waals surface area contributed by atoms with Crippen LogP contribution in [0.3, 0.4) is 0 Å². The number of amides is 1. The average Bonchev–Trinajstić information content (AvgIpc) is 3.17. The molecule has 6 nitrogen and oxygen atoms in total. The molecule has 0 saturated heterocycles. The smallest absolute Gasteiger partial charge is 0.270 e. The molecule has 0 aliphatic heterocycles. The van der Waals surface area contributed by atoms with Crippen LogP contribution in [0, 0.1) is 0 Å². The van der Waals surface area contributed by atoms with E-state index in [1.165, 1.54) is 23.4 Å². The predicted octanol–water partition coefficient (Wildman–Crippen LogP) is 3.27. The van der Waals surface area contributed by atoms with Crippen LogP contribution < -0.4 is 15.6 Å². The number of fused-ring (bicyclic) bond motifs is 1. The third-order valence-corrected chi connectivity index (χ3v) is 4.58. The molecular weight excluding hydrogens is 330 g/mol. The van der Waals surface area contributed by atoms with Gasteiger partial charge in [-0.2, -0.15) is 0 Å². The highest BCUT2D eigenvalue weighted by Crippen LogP contribution is 2.25. The van der Waals surface area contributed by atoms with Crippen LogP contribution in [0.25, 0.3) is 5.65 Å². The summed E-state index contributed by atoms with van der Waals surface area (Å²) in [6.07, 6.45) is 7.82. The van der Waals surface area contributed by atoms with Crippen molar-refractivity contribution in [2.45, 2.75) is 31.8 Å². The minimum Gasteiger partial charge on any atom is -0.490 e. The Morgan fingerprint density at radius 1 is 1.12 bits per heavy atom. The van der Waals surface area contributed by atoms with Crippen LogP contribution >= 0.6 is 0 Å². The quantitative estimate of drug-likeness (QED) is 0.785. The minimum atomic E-state index is -0.481. The fraction of sp³-hybridized carbons (Fsp3) is 0.250. The van der Waals surface area contributed by atoms with Crippen molar-refractivity contribution in [3.63, 3.8) is 0 Å². The summed E-state index contributed by atoms with van der Waals surface area (Å²) in [5.41, 5.74) is 0.711. The lowest BCUT2D eigenvalue weighted by Gasteiger charge is -2.13. The largest absolute Gasteiger partial charge is 0.490 e. The Labute approximate surface area is 150 Å². The van der Waals surface area contributed by atoms with Crippen molar-refractivity contribution in [1.29, 1.82) is 0 Å². The summed E-state index contributed by atoms with van der Waals surface area (Å²) >= 11 is 0. The summed E-state index contributed by atoms with van der Waals surface area (Å²) in [4.78, 5) is 29.1. The van der Waals surface area contributed by atoms with Gasteiger partial charge in [-0.3, -0.25) is 14.0 Å². The van der Waals surface area contributed by atoms with Gasteiger partial charge in [0.05, 0.1) is 6.10 Å². The lowest BCUT2D eigenvalue weighted by molar-refractivity contribution is 0.102. The zero-order valence-corrected chi connectivity index (χ0v) is 14.2. The van der Waals surface area contributed by atoms with Crippen molar-refractivity contribution in [3.8, 4) is 5.75 Å². The Morgan fingerprint density at radius 2 is 1.88 bits per heavy atom. The van der Waals surface area contributed by atoms with Crippen LogP contribution in [-0.4, -0.2) is 21.4 Å². The molecule has 1 fully saturated rings. The van der Waals surface area contributed by atoms with Gasteiger partial charge in [0.2, 0.25) is 0 Å². The zero-order chi connectivity index (χ0) is 17.9. The standard InChI is InChI=1S/C20H19N3O3/c24-19(17-13-21-18-7-3-4-12-23(18)20(17)25)22-14-8-10-16(11-9-14)26-15-5-1-2-6-15/h3-4,7-13,15H,1-2,5-6H2,(H,22,24). The number of benzene rings is 1. The molecule has 0 bridgehead atoms. The molecule has 0 radical (unpaired) electrons. The van der Waals surface area contributed by atoms with Gasteiger partial charge in [0, 0.05) is 18.1 Å². The van der Waals surface area contributed by atoms with Crippen molar-refractivity contribution in [1.82, 2.24) is 9.38 Å². The van der Waals surface area contributed by atoms with Crippen molar-refractivity contribution in [3.05, 3.63) is 70.8 Å². The molecule has 0 unspecified atom stereocenters. The molecule has 132 valence electrons. The van der Waals surface area contributed by atoms with Gasteiger partial charge in [-0.1, -0.05) is 6.07 Å². The summed E-state index contributed by atoms with van der Waals surface area (Å²) in [7, 11) is 0. The molecule has 1 N–H and O–H groups in total. The van der Waals surface area contributed by atoms with E-state index in [1.807, 2.05) is 12.1 Å². The second-order valence-corrected chi connectivity index (χ2v) is 6.41. The van der Waals surface area contributed by atoms with E-state index >= 15 is 0 Å². The molecule has 3 aromatic rings. The number of hydrogen-bond acceptors (Lipinski definition) is 4. The second kappa shape index (κ2) is 7.00. The Kier molecular flexibility index (Phi) is 4.39. The SMILES string of the molecule is O=C(Nc1ccc(OC2CCCC2)cc1)c1cnc2ccccn2c1=O. The Balaban J connectivity index is 1.49. The van der Waals surface area contributed by atoms with Crippen LogP contribution in [0.4, 0.5) is 5.69 Å². The van der Waals surface area contributed by atoms with Gasteiger partial charge < -0.3 is 10.1 Å². The van der Waals surface area contributed by atoms with Crippen molar-refractivity contribution < 1.29 is 9.53 Å². The summed E-state index contributed by atoms with van der Waals surface area (Å²) in [6.45, 7) is 0. The average molecular weight is 349 g/mol. The van der Waals surface area contributed by atoms with Gasteiger partial charge in [-0.25, -0.2) is 4.98 Å². The monoisotopic (exact) mass is 349 g/mol. The second-order valence-electron chi connectivity index (χ2n) is 6.41. The van der Waals surface area contributed by atoms with Crippen LogP contribution in [-0.2, 0) is 0 Å². The molecule has 6 heteroatoms. The van der Waals surface area contributed by atoms with E-state index < -0.39 is 11.5 Å². The number of anilines is 1. The molecule has 4 rings (SSSR count). The first-order chi connectivity index (χ1) is 12.7. The molecule has 0 atom stereocenters. The highest BCUT2D eigenvalue weighted by atomic mass is 16.5. The maximum absolute atomic E-state index is 12.4. The Hall–Kier alpha value is -3.15. The number of carbonyl (C=O) groups is 1. The molecule has 26 heavy (non-hydrogen) atoms. The third-order valence-electron chi connectivity index (χ3n) is 4.58. The van der Waals surface area contributed by atoms with E-state index in [-0.39, 0.29) is 5.56 Å². The number of hydrogen-bond donors (Lipinski definition) is 1. The van der Waals surface area contributed by atoms with E-state index in [0.29, 0.717) is 17.4 Å². The molecular formula is C20H19N3O3. The summed E-state index contributed by atoms with van der Waals surface area (Å²) in [5, 5.41) is 2.74. The van der Waals surface area contributed by atoms with Crippen LogP contribution in [0.1, 0.15) is 36.0 Å². The van der Waals surface area contributed by atoms with Gasteiger partial charge >= 0.3 is 0 Å². The lowest BCUT2D eigenvalue weighted by atomic mass is 10.2. The van der Waals surface area contributed by atoms with Crippen LogP contribution in [0.5, 0.6) is 5.75 Å². The van der Waals surface area contributed by atoms with Gasteiger partial charge in [-0.15, -0.1) is 0 Å². The molecule has 1 aliphatic carbocycles. The topological polar surface area (TPSA) is 72.7 Å². The molecule has 1 saturated carbocycles. The molecule has 0 spiro atoms. The van der Waals surface area contributed by atoms with Crippen molar-refractivity contribution in [2.75, 3.05) is 5.32 Å². The normalized spacial score (nSPS) is 14.5. The summed E-state index contributed by atoms with van der Waals surface area (Å²) in [6, 6.07) is 12.4. The number of pyridine rings is 1. The fourth-order valence-electron chi connectivity index (χ4n) is 3.20. The number of nitrogens with one attached hydrogen (secondary N) is 1. The number of ether oxygens (including phenoxy) is 1. The van der Waals surface area contributed by atoms with E-state index in [2.05, 4.69) is 10.3 Å². The Bertz CT molecular complexity index is 989. The van der Waals surface area contributed by atoms with Gasteiger partial charge in [0.25, 0.3) is 11.5 Å². The minimum absolute atomic E-state index is 0.0000165. The number of carbonyl (C=O) groups excluding carboxylic acids is 1. The summed E-state index contributed by atoms with van der Waals surface area (Å²) in [5.74, 6) is 0.313. The molecule has 2 aromatic heterocycles. The zero-order valence-electron chi connectivity index (χ0n) is 14.2. The first-order valence-corrected chi connectivity index (χ1v) is 8.75. The lowest BCUT2D eigenvalue weighted by Crippen LogP contribution is -2.26. The number of nitrogens with zero attached hydrogens (tertiary/aromatic N) is 2. The van der Waals surface area contributed by atoms with Crippen LogP contribution in [0.15, 0.2) is 59.7 Å². The highest BCUT2D eigenvalue weighted by Gasteiger charge is 2.17. The summed E-state index contributed by atoms with van der Waals surface area (Å²) < 4.78 is 7.27. The number of aromatic nitrogens is 2. The van der Waals surface area contributed by atoms with E-state index in [1.54, 1.807) is 36.5 Å². The maximum atomic E-state index is 12.4. The van der Waals surface area contributed by atoms with E-state index in [9.17, 15) is 9.59 Å². The molecule has 1 aliphatic rings. The van der Waals surface area contributed by atoms with Crippen molar-refractivity contribution in [2.24, 2.45) is 0 Å². The fourth-order valence-corrected chi connectivity index (χ4v) is 3.20. The maximum Gasteiger partial charge on any atom is 0.270 e. The van der Waals surface area contributed by atoms with E-state index in [4.69, 9.17) is 4.74 Å². The Morgan fingerprint density at radius 3 is 2.65 bits per heavy atom.